The van der Waals surface area contributed by atoms with E-state index in [1.807, 2.05) is 0 Å². The number of aromatic nitrogens is 3. The summed E-state index contributed by atoms with van der Waals surface area (Å²) in [7, 11) is -5.67. The maximum atomic E-state index is 13.1. The molecule has 0 aliphatic rings. The number of alkyl halides is 3. The Hall–Kier alpha value is -2.17. The lowest BCUT2D eigenvalue weighted by molar-refractivity contribution is -0.0435. The second kappa shape index (κ2) is 5.31. The van der Waals surface area contributed by atoms with E-state index in [1.54, 1.807) is 0 Å². The van der Waals surface area contributed by atoms with Gasteiger partial charge in [0, 0.05) is 0 Å². The maximum Gasteiger partial charge on any atom is 0.501 e. The average Bonchev–Trinajstić information content (AvgIpc) is 2.89. The fraction of sp³-hybridized carbons (Fsp3) is 0.200. The Morgan fingerprint density at radius 3 is 2.57 bits per heavy atom. The van der Waals surface area contributed by atoms with E-state index in [0.29, 0.717) is 6.07 Å². The van der Waals surface area contributed by atoms with Gasteiger partial charge in [0.15, 0.2) is 0 Å². The van der Waals surface area contributed by atoms with E-state index in [4.69, 9.17) is 0 Å². The van der Waals surface area contributed by atoms with Crippen molar-refractivity contribution in [2.75, 3.05) is 5.32 Å². The molecular formula is C10H8F4N4O2S. The highest BCUT2D eigenvalue weighted by atomic mass is 32.2. The molecule has 1 aromatic heterocycles. The molecule has 11 heteroatoms. The molecule has 0 saturated heterocycles. The summed E-state index contributed by atoms with van der Waals surface area (Å²) < 4.78 is 73.7. The van der Waals surface area contributed by atoms with Crippen LogP contribution < -0.4 is 5.32 Å². The van der Waals surface area contributed by atoms with Crippen LogP contribution in [-0.2, 0) is 16.4 Å². The Bertz CT molecular complexity index is 728. The lowest BCUT2D eigenvalue weighted by atomic mass is 10.3. The highest BCUT2D eigenvalue weighted by molar-refractivity contribution is 7.92. The van der Waals surface area contributed by atoms with Crippen molar-refractivity contribution in [2.24, 2.45) is 0 Å². The van der Waals surface area contributed by atoms with E-state index in [2.05, 4.69) is 20.5 Å². The van der Waals surface area contributed by atoms with Crippen LogP contribution in [0.25, 0.3) is 0 Å². The third-order valence-corrected chi connectivity index (χ3v) is 3.98. The normalized spacial score (nSPS) is 12.4. The zero-order valence-corrected chi connectivity index (χ0v) is 11.0. The van der Waals surface area contributed by atoms with Crippen LogP contribution in [-0.4, -0.2) is 29.1 Å². The van der Waals surface area contributed by atoms with Crippen LogP contribution in [0.2, 0.25) is 0 Å². The van der Waals surface area contributed by atoms with E-state index in [9.17, 15) is 26.0 Å². The zero-order chi connectivity index (χ0) is 15.7. The van der Waals surface area contributed by atoms with Gasteiger partial charge in [-0.05, 0) is 18.2 Å². The summed E-state index contributed by atoms with van der Waals surface area (Å²) in [4.78, 5) is 2.53. The van der Waals surface area contributed by atoms with Crippen LogP contribution in [0.4, 0.5) is 23.2 Å². The van der Waals surface area contributed by atoms with E-state index < -0.39 is 26.1 Å². The van der Waals surface area contributed by atoms with Crippen molar-refractivity contribution in [3.05, 3.63) is 36.2 Å². The monoisotopic (exact) mass is 324 g/mol. The molecule has 2 aromatic rings. The molecule has 0 atom stereocenters. The van der Waals surface area contributed by atoms with Crippen molar-refractivity contribution in [3.63, 3.8) is 0 Å². The fourth-order valence-corrected chi connectivity index (χ4v) is 2.43. The molecule has 0 bridgehead atoms. The van der Waals surface area contributed by atoms with Gasteiger partial charge in [0.1, 0.15) is 22.9 Å². The summed E-state index contributed by atoms with van der Waals surface area (Å²) in [6, 6.07) is 2.06. The molecular weight excluding hydrogens is 316 g/mol. The number of hydrogen-bond donors (Lipinski definition) is 2. The van der Waals surface area contributed by atoms with Gasteiger partial charge < -0.3 is 5.32 Å². The quantitative estimate of drug-likeness (QED) is 0.838. The third-order valence-electron chi connectivity index (χ3n) is 2.45. The number of H-pyrrole nitrogens is 1. The first-order valence-electron chi connectivity index (χ1n) is 5.41. The number of sulfone groups is 1. The average molecular weight is 324 g/mol. The van der Waals surface area contributed by atoms with Gasteiger partial charge in [-0.15, -0.1) is 0 Å². The minimum atomic E-state index is -5.67. The molecule has 1 heterocycles. The Morgan fingerprint density at radius 1 is 1.29 bits per heavy atom. The minimum Gasteiger partial charge on any atom is -0.377 e. The molecule has 0 radical (unpaired) electrons. The second-order valence-corrected chi connectivity index (χ2v) is 5.78. The number of nitrogens with zero attached hydrogens (tertiary/aromatic N) is 2. The number of anilines is 1. The lowest BCUT2D eigenvalue weighted by Crippen LogP contribution is -2.24. The predicted octanol–water partition coefficient (Wildman–Crippen LogP) is 1.85. The molecule has 0 aliphatic carbocycles. The number of benzene rings is 1. The molecule has 2 rings (SSSR count). The minimum absolute atomic E-state index is 0.105. The summed E-state index contributed by atoms with van der Waals surface area (Å²) in [5.41, 5.74) is -5.91. The highest BCUT2D eigenvalue weighted by Crippen LogP contribution is 2.34. The van der Waals surface area contributed by atoms with Crippen LogP contribution in [0, 0.1) is 5.82 Å². The topological polar surface area (TPSA) is 87.7 Å². The first-order chi connectivity index (χ1) is 9.72. The van der Waals surface area contributed by atoms with Gasteiger partial charge >= 0.3 is 5.51 Å². The molecule has 6 nitrogen and oxygen atoms in total. The summed E-state index contributed by atoms with van der Waals surface area (Å²) in [5.74, 6) is -0.822. The fourth-order valence-electron chi connectivity index (χ4n) is 1.48. The van der Waals surface area contributed by atoms with Crippen molar-refractivity contribution < 1.29 is 26.0 Å². The molecule has 0 saturated carbocycles. The number of aromatic amines is 1. The summed E-state index contributed by atoms with van der Waals surface area (Å²) >= 11 is 0. The van der Waals surface area contributed by atoms with Crippen molar-refractivity contribution in [2.45, 2.75) is 16.9 Å². The van der Waals surface area contributed by atoms with Crippen LogP contribution >= 0.6 is 0 Å². The molecule has 0 spiro atoms. The Morgan fingerprint density at radius 2 is 2.00 bits per heavy atom. The Balaban J connectivity index is 2.39. The number of rotatable bonds is 4. The van der Waals surface area contributed by atoms with Crippen molar-refractivity contribution in [3.8, 4) is 0 Å². The second-order valence-electron chi connectivity index (χ2n) is 3.88. The highest BCUT2D eigenvalue weighted by Gasteiger charge is 2.48. The van der Waals surface area contributed by atoms with E-state index in [-0.39, 0.29) is 18.1 Å². The predicted molar refractivity (Wildman–Crippen MR) is 63.4 cm³/mol. The number of hydrogen-bond acceptors (Lipinski definition) is 5. The molecule has 2 N–H and O–H groups in total. The van der Waals surface area contributed by atoms with Gasteiger partial charge in [-0.25, -0.2) is 17.8 Å². The third kappa shape index (κ3) is 3.12. The van der Waals surface area contributed by atoms with Crippen LogP contribution in [0.3, 0.4) is 0 Å². The van der Waals surface area contributed by atoms with E-state index in [0.717, 1.165) is 12.1 Å². The van der Waals surface area contributed by atoms with Crippen LogP contribution in [0.1, 0.15) is 5.82 Å². The number of nitrogens with one attached hydrogen (secondary N) is 2. The number of halogens is 4. The Kier molecular flexibility index (Phi) is 3.85. The molecule has 0 amide bonds. The lowest BCUT2D eigenvalue weighted by Gasteiger charge is -2.13. The van der Waals surface area contributed by atoms with Gasteiger partial charge in [-0.2, -0.15) is 18.3 Å². The van der Waals surface area contributed by atoms with Crippen LogP contribution in [0.5, 0.6) is 0 Å². The summed E-state index contributed by atoms with van der Waals surface area (Å²) in [6.45, 7) is -0.105. The molecule has 0 fully saturated rings. The van der Waals surface area contributed by atoms with Crippen molar-refractivity contribution >= 4 is 15.5 Å². The summed E-state index contributed by atoms with van der Waals surface area (Å²) in [6.07, 6.45) is 1.18. The SMILES string of the molecule is O=S(=O)(c1cc(F)ccc1NCc1ncn[nH]1)C(F)(F)F. The maximum absolute atomic E-state index is 13.1. The smallest absolute Gasteiger partial charge is 0.377 e. The van der Waals surface area contributed by atoms with Gasteiger partial charge in [-0.1, -0.05) is 0 Å². The first-order valence-corrected chi connectivity index (χ1v) is 6.89. The molecule has 114 valence electrons. The molecule has 1 aromatic carbocycles. The zero-order valence-electron chi connectivity index (χ0n) is 10.1. The molecule has 0 unspecified atom stereocenters. The van der Waals surface area contributed by atoms with Gasteiger partial charge in [-0.3, -0.25) is 5.10 Å². The molecule has 21 heavy (non-hydrogen) atoms. The standard InChI is InChI=1S/C10H8F4N4O2S/c11-6-1-2-7(15-4-9-16-5-17-18-9)8(3-6)21(19,20)10(12,13)14/h1-3,5,15H,4H2,(H,16,17,18). The van der Waals surface area contributed by atoms with Gasteiger partial charge in [0.2, 0.25) is 0 Å². The summed E-state index contributed by atoms with van der Waals surface area (Å²) in [5, 5.41) is 8.40. The van der Waals surface area contributed by atoms with E-state index >= 15 is 0 Å². The Labute approximate surface area is 116 Å². The first kappa shape index (κ1) is 15.2. The largest absolute Gasteiger partial charge is 0.501 e. The van der Waals surface area contributed by atoms with Gasteiger partial charge in [0.25, 0.3) is 9.84 Å². The van der Waals surface area contributed by atoms with E-state index in [1.165, 1.54) is 6.33 Å². The van der Waals surface area contributed by atoms with Crippen molar-refractivity contribution in [1.29, 1.82) is 0 Å². The van der Waals surface area contributed by atoms with Crippen molar-refractivity contribution in [1.82, 2.24) is 15.2 Å². The molecule has 0 aliphatic heterocycles. The van der Waals surface area contributed by atoms with Crippen LogP contribution in [0.15, 0.2) is 29.4 Å². The van der Waals surface area contributed by atoms with Gasteiger partial charge in [0.05, 0.1) is 12.2 Å².